The van der Waals surface area contributed by atoms with E-state index in [2.05, 4.69) is 10.6 Å². The van der Waals surface area contributed by atoms with Gasteiger partial charge in [-0.3, -0.25) is 4.79 Å². The molecule has 2 aromatic rings. The SMILES string of the molecule is CCOC(=O)NCCc1ccc(OC(=O)CNC)c(OC(=O)c2ccccc2)c1. The Kier molecular flexibility index (Phi) is 8.65. The first-order valence-corrected chi connectivity index (χ1v) is 9.19. The van der Waals surface area contributed by atoms with E-state index in [4.69, 9.17) is 14.2 Å². The molecule has 2 aromatic carbocycles. The third kappa shape index (κ3) is 7.27. The summed E-state index contributed by atoms with van der Waals surface area (Å²) in [6, 6.07) is 13.4. The van der Waals surface area contributed by atoms with Gasteiger partial charge in [-0.2, -0.15) is 0 Å². The molecule has 0 saturated carbocycles. The number of ether oxygens (including phenoxy) is 3. The van der Waals surface area contributed by atoms with Crippen LogP contribution in [0.4, 0.5) is 4.79 Å². The number of likely N-dealkylation sites (N-methyl/N-ethyl adjacent to an activating group) is 1. The molecule has 1 amide bonds. The highest BCUT2D eigenvalue weighted by atomic mass is 16.6. The Morgan fingerprint density at radius 2 is 1.72 bits per heavy atom. The molecule has 8 heteroatoms. The number of amides is 1. The fourth-order valence-electron chi connectivity index (χ4n) is 2.40. The number of hydrogen-bond donors (Lipinski definition) is 2. The Balaban J connectivity index is 2.14. The smallest absolute Gasteiger partial charge is 0.407 e. The van der Waals surface area contributed by atoms with E-state index in [1.807, 2.05) is 0 Å². The number of nitrogens with one attached hydrogen (secondary N) is 2. The first-order valence-electron chi connectivity index (χ1n) is 9.19. The van der Waals surface area contributed by atoms with Crippen molar-refractivity contribution in [1.29, 1.82) is 0 Å². The predicted molar refractivity (Wildman–Crippen MR) is 106 cm³/mol. The molecule has 8 nitrogen and oxygen atoms in total. The first kappa shape index (κ1) is 21.9. The molecule has 0 fully saturated rings. The second kappa shape index (κ2) is 11.5. The van der Waals surface area contributed by atoms with Crippen LogP contribution in [-0.2, 0) is 16.0 Å². The van der Waals surface area contributed by atoms with Gasteiger partial charge in [0.15, 0.2) is 11.5 Å². The van der Waals surface area contributed by atoms with E-state index in [1.54, 1.807) is 62.5 Å². The Hall–Kier alpha value is -3.39. The number of carbonyl (C=O) groups is 3. The molecular weight excluding hydrogens is 376 g/mol. The van der Waals surface area contributed by atoms with Crippen LogP contribution >= 0.6 is 0 Å². The number of esters is 2. The van der Waals surface area contributed by atoms with Crippen LogP contribution in [0.15, 0.2) is 48.5 Å². The van der Waals surface area contributed by atoms with Crippen LogP contribution in [0.5, 0.6) is 11.5 Å². The summed E-state index contributed by atoms with van der Waals surface area (Å²) in [5, 5.41) is 5.32. The van der Waals surface area contributed by atoms with Gasteiger partial charge in [0.25, 0.3) is 0 Å². The summed E-state index contributed by atoms with van der Waals surface area (Å²) in [5.41, 5.74) is 1.15. The molecule has 0 bridgehead atoms. The monoisotopic (exact) mass is 400 g/mol. The molecule has 2 N–H and O–H groups in total. The number of rotatable bonds is 9. The van der Waals surface area contributed by atoms with Crippen molar-refractivity contribution in [2.75, 3.05) is 26.7 Å². The van der Waals surface area contributed by atoms with Gasteiger partial charge in [-0.15, -0.1) is 0 Å². The van der Waals surface area contributed by atoms with Crippen molar-refractivity contribution in [1.82, 2.24) is 10.6 Å². The molecule has 0 spiro atoms. The van der Waals surface area contributed by atoms with Gasteiger partial charge in [-0.25, -0.2) is 9.59 Å². The number of alkyl carbamates (subject to hydrolysis) is 1. The minimum atomic E-state index is -0.571. The van der Waals surface area contributed by atoms with Crippen molar-refractivity contribution in [3.63, 3.8) is 0 Å². The van der Waals surface area contributed by atoms with E-state index in [9.17, 15) is 14.4 Å². The summed E-state index contributed by atoms with van der Waals surface area (Å²) in [5.74, 6) is -0.826. The minimum Gasteiger partial charge on any atom is -0.450 e. The molecule has 2 rings (SSSR count). The van der Waals surface area contributed by atoms with Crippen LogP contribution in [0, 0.1) is 0 Å². The molecule has 0 radical (unpaired) electrons. The highest BCUT2D eigenvalue weighted by Gasteiger charge is 2.16. The summed E-state index contributed by atoms with van der Waals surface area (Å²) < 4.78 is 15.6. The number of benzene rings is 2. The minimum absolute atomic E-state index is 0.0112. The van der Waals surface area contributed by atoms with Crippen LogP contribution in [0.2, 0.25) is 0 Å². The van der Waals surface area contributed by atoms with E-state index in [0.29, 0.717) is 18.5 Å². The van der Waals surface area contributed by atoms with Gasteiger partial charge in [0.2, 0.25) is 0 Å². The van der Waals surface area contributed by atoms with Crippen LogP contribution in [0.3, 0.4) is 0 Å². The number of hydrogen-bond acceptors (Lipinski definition) is 7. The molecule has 29 heavy (non-hydrogen) atoms. The van der Waals surface area contributed by atoms with Crippen LogP contribution in [0.25, 0.3) is 0 Å². The highest BCUT2D eigenvalue weighted by Crippen LogP contribution is 2.29. The second-order valence-electron chi connectivity index (χ2n) is 5.94. The Bertz CT molecular complexity index is 838. The third-order valence-corrected chi connectivity index (χ3v) is 3.72. The van der Waals surface area contributed by atoms with Crippen molar-refractivity contribution in [2.45, 2.75) is 13.3 Å². The van der Waals surface area contributed by atoms with Gasteiger partial charge >= 0.3 is 18.0 Å². The molecule has 154 valence electrons. The fraction of sp³-hybridized carbons (Fsp3) is 0.286. The van der Waals surface area contributed by atoms with Crippen LogP contribution in [-0.4, -0.2) is 44.8 Å². The van der Waals surface area contributed by atoms with Crippen molar-refractivity contribution < 1.29 is 28.6 Å². The molecule has 0 aromatic heterocycles. The van der Waals surface area contributed by atoms with E-state index < -0.39 is 18.0 Å². The van der Waals surface area contributed by atoms with Gasteiger partial charge in [-0.1, -0.05) is 24.3 Å². The molecule has 0 atom stereocenters. The lowest BCUT2D eigenvalue weighted by atomic mass is 10.1. The van der Waals surface area contributed by atoms with Crippen LogP contribution in [0.1, 0.15) is 22.8 Å². The maximum absolute atomic E-state index is 12.4. The lowest BCUT2D eigenvalue weighted by Crippen LogP contribution is -2.26. The summed E-state index contributed by atoms with van der Waals surface area (Å²) in [6.45, 7) is 2.36. The van der Waals surface area contributed by atoms with Gasteiger partial charge in [0.1, 0.15) is 0 Å². The van der Waals surface area contributed by atoms with E-state index >= 15 is 0 Å². The highest BCUT2D eigenvalue weighted by molar-refractivity contribution is 5.91. The van der Waals surface area contributed by atoms with Gasteiger partial charge < -0.3 is 24.8 Å². The quantitative estimate of drug-likeness (QED) is 0.492. The summed E-state index contributed by atoms with van der Waals surface area (Å²) >= 11 is 0. The summed E-state index contributed by atoms with van der Waals surface area (Å²) in [4.78, 5) is 35.6. The second-order valence-corrected chi connectivity index (χ2v) is 5.94. The van der Waals surface area contributed by atoms with Gasteiger partial charge in [0.05, 0.1) is 18.7 Å². The first-order chi connectivity index (χ1) is 14.0. The van der Waals surface area contributed by atoms with E-state index in [1.165, 1.54) is 0 Å². The third-order valence-electron chi connectivity index (χ3n) is 3.72. The zero-order chi connectivity index (χ0) is 21.1. The van der Waals surface area contributed by atoms with Crippen molar-refractivity contribution in [3.8, 4) is 11.5 Å². The Morgan fingerprint density at radius 1 is 0.966 bits per heavy atom. The van der Waals surface area contributed by atoms with Crippen molar-refractivity contribution >= 4 is 18.0 Å². The zero-order valence-corrected chi connectivity index (χ0v) is 16.4. The predicted octanol–water partition coefficient (Wildman–Crippen LogP) is 2.32. The zero-order valence-electron chi connectivity index (χ0n) is 16.4. The normalized spacial score (nSPS) is 10.1. The molecule has 0 aliphatic rings. The molecule has 0 aliphatic heterocycles. The molecular formula is C21H24N2O6. The molecule has 0 unspecified atom stereocenters. The van der Waals surface area contributed by atoms with E-state index in [0.717, 1.165) is 5.56 Å². The maximum atomic E-state index is 12.4. The Morgan fingerprint density at radius 3 is 2.41 bits per heavy atom. The lowest BCUT2D eigenvalue weighted by Gasteiger charge is -2.13. The standard InChI is InChI=1S/C21H24N2O6/c1-3-27-21(26)23-12-11-15-9-10-17(28-19(24)14-22-2)18(13-15)29-20(25)16-7-5-4-6-8-16/h4-10,13,22H,3,11-12,14H2,1-2H3,(H,23,26). The van der Waals surface area contributed by atoms with Crippen LogP contribution < -0.4 is 20.1 Å². The molecule has 0 heterocycles. The average molecular weight is 400 g/mol. The Labute approximate surface area is 169 Å². The largest absolute Gasteiger partial charge is 0.450 e. The lowest BCUT2D eigenvalue weighted by molar-refractivity contribution is -0.133. The van der Waals surface area contributed by atoms with Gasteiger partial charge in [-0.05, 0) is 50.2 Å². The fourth-order valence-corrected chi connectivity index (χ4v) is 2.40. The topological polar surface area (TPSA) is 103 Å². The van der Waals surface area contributed by atoms with Crippen molar-refractivity contribution in [2.24, 2.45) is 0 Å². The van der Waals surface area contributed by atoms with Gasteiger partial charge in [0, 0.05) is 6.54 Å². The average Bonchev–Trinajstić information content (AvgIpc) is 2.71. The van der Waals surface area contributed by atoms with Crippen molar-refractivity contribution in [3.05, 3.63) is 59.7 Å². The molecule has 0 saturated heterocycles. The van der Waals surface area contributed by atoms with E-state index in [-0.39, 0.29) is 24.7 Å². The summed E-state index contributed by atoms with van der Waals surface area (Å²) in [7, 11) is 1.62. The molecule has 0 aliphatic carbocycles. The number of carbonyl (C=O) groups excluding carboxylic acids is 3. The maximum Gasteiger partial charge on any atom is 0.407 e. The summed E-state index contributed by atoms with van der Waals surface area (Å²) in [6.07, 6.45) is -0.0275.